The fourth-order valence-electron chi connectivity index (χ4n) is 2.26. The van der Waals surface area contributed by atoms with Gasteiger partial charge in [-0.2, -0.15) is 4.57 Å². The van der Waals surface area contributed by atoms with Crippen LogP contribution in [0.1, 0.15) is 16.6 Å². The normalized spacial score (nSPS) is 28.8. The maximum atomic E-state index is 11.2. The number of primary amides is 1. The number of carbonyl (C=O) groups is 1. The van der Waals surface area contributed by atoms with Crippen LogP contribution in [-0.2, 0) is 13.8 Å². The second kappa shape index (κ2) is 7.24. The first kappa shape index (κ1) is 18.3. The second-order valence-corrected chi connectivity index (χ2v) is 6.11. The molecule has 0 aliphatic carbocycles. The maximum Gasteiger partial charge on any atom is 0.274 e. The molecule has 0 aromatic carbocycles. The summed E-state index contributed by atoms with van der Waals surface area (Å²) >= 11 is 0. The van der Waals surface area contributed by atoms with E-state index in [2.05, 4.69) is 14.5 Å². The Morgan fingerprint density at radius 3 is 2.96 bits per heavy atom. The molecule has 2 heterocycles. The van der Waals surface area contributed by atoms with Crippen LogP contribution >= 0.6 is 7.82 Å². The number of azide groups is 1. The zero-order valence-electron chi connectivity index (χ0n) is 12.1. The number of ether oxygens (including phenoxy) is 1. The zero-order valence-corrected chi connectivity index (χ0v) is 13.0. The number of pyridine rings is 1. The Labute approximate surface area is 135 Å². The van der Waals surface area contributed by atoms with Crippen LogP contribution in [0.15, 0.2) is 29.6 Å². The van der Waals surface area contributed by atoms with Gasteiger partial charge < -0.3 is 29.9 Å². The summed E-state index contributed by atoms with van der Waals surface area (Å²) in [7, 11) is -5.00. The molecule has 0 spiro atoms. The highest BCUT2D eigenvalue weighted by Gasteiger charge is 2.49. The highest BCUT2D eigenvalue weighted by atomic mass is 31.2. The predicted molar refractivity (Wildman–Crippen MR) is 73.8 cm³/mol. The number of phosphoric ester groups is 1. The number of hydrogen-bond acceptors (Lipinski definition) is 7. The molecule has 0 radical (unpaired) electrons. The summed E-state index contributed by atoms with van der Waals surface area (Å²) in [6.45, 7) is -0.678. The third kappa shape index (κ3) is 4.28. The van der Waals surface area contributed by atoms with Gasteiger partial charge in [-0.25, -0.2) is 0 Å². The molecule has 1 aromatic rings. The molecular formula is C11H14N5O7P. The Kier molecular flexibility index (Phi) is 5.52. The van der Waals surface area contributed by atoms with Crippen molar-refractivity contribution >= 4 is 13.7 Å². The smallest absolute Gasteiger partial charge is 0.274 e. The molecule has 5 atom stereocenters. The molecule has 13 heteroatoms. The van der Waals surface area contributed by atoms with Gasteiger partial charge in [-0.05, 0) is 11.6 Å². The standard InChI is InChI=1S/C11H14N5O7P/c12-10(18)6-2-1-3-16(4-6)11-8(14-15-13)9(17)7(23-11)5-22-24(19,20)21/h1-4,7-9,11,17H,5H2,(H3-,12,18,19,20,21)/t7?,8?,9-,11?/m1/s1. The van der Waals surface area contributed by atoms with E-state index in [1.54, 1.807) is 0 Å². The number of aromatic nitrogens is 1. The SMILES string of the molecule is [N-]=[N+]=NC1C([n+]2cccc(C(N)=O)c2)OC(COP(=O)([O-])O)[C@H]1O. The molecule has 12 nitrogen and oxygen atoms in total. The number of carbonyl (C=O) groups excluding carboxylic acids is 1. The largest absolute Gasteiger partial charge is 0.756 e. The van der Waals surface area contributed by atoms with Crippen LogP contribution in [0.3, 0.4) is 0 Å². The van der Waals surface area contributed by atoms with Gasteiger partial charge in [0.2, 0.25) is 0 Å². The average molecular weight is 359 g/mol. The maximum absolute atomic E-state index is 11.2. The van der Waals surface area contributed by atoms with E-state index in [4.69, 9.17) is 20.9 Å². The number of rotatable bonds is 6. The summed E-state index contributed by atoms with van der Waals surface area (Å²) < 4.78 is 21.7. The number of hydrogen-bond donors (Lipinski definition) is 3. The van der Waals surface area contributed by atoms with Crippen LogP contribution in [0.5, 0.6) is 0 Å². The van der Waals surface area contributed by atoms with Crippen molar-refractivity contribution in [1.82, 2.24) is 0 Å². The summed E-state index contributed by atoms with van der Waals surface area (Å²) in [5, 5.41) is 13.6. The Bertz CT molecular complexity index is 718. The Morgan fingerprint density at radius 2 is 2.38 bits per heavy atom. The fourth-order valence-corrected chi connectivity index (χ4v) is 2.60. The third-order valence-electron chi connectivity index (χ3n) is 3.32. The van der Waals surface area contributed by atoms with E-state index in [0.717, 1.165) is 0 Å². The van der Waals surface area contributed by atoms with Gasteiger partial charge in [0.05, 0.1) is 6.61 Å². The van der Waals surface area contributed by atoms with E-state index in [0.29, 0.717) is 0 Å². The van der Waals surface area contributed by atoms with Gasteiger partial charge in [-0.1, -0.05) is 5.11 Å². The van der Waals surface area contributed by atoms with E-state index >= 15 is 0 Å². The first-order valence-electron chi connectivity index (χ1n) is 6.59. The number of aliphatic hydroxyl groups is 1. The Balaban J connectivity index is 2.27. The molecular weight excluding hydrogens is 345 g/mol. The minimum absolute atomic E-state index is 0.148. The molecule has 1 aliphatic rings. The minimum Gasteiger partial charge on any atom is -0.756 e. The first-order chi connectivity index (χ1) is 11.2. The van der Waals surface area contributed by atoms with Gasteiger partial charge in [-0.3, -0.25) is 9.36 Å². The van der Waals surface area contributed by atoms with Crippen molar-refractivity contribution in [3.63, 3.8) is 0 Å². The van der Waals surface area contributed by atoms with E-state index in [-0.39, 0.29) is 5.56 Å². The molecule has 2 rings (SSSR count). The molecule has 4 unspecified atom stereocenters. The average Bonchev–Trinajstić information content (AvgIpc) is 2.82. The van der Waals surface area contributed by atoms with Crippen LogP contribution in [0.4, 0.5) is 0 Å². The van der Waals surface area contributed by atoms with Crippen LogP contribution in [0.2, 0.25) is 0 Å². The lowest BCUT2D eigenvalue weighted by Crippen LogP contribution is -2.45. The third-order valence-corrected chi connectivity index (χ3v) is 3.80. The highest BCUT2D eigenvalue weighted by Crippen LogP contribution is 2.34. The van der Waals surface area contributed by atoms with Gasteiger partial charge in [0, 0.05) is 11.0 Å². The highest BCUT2D eigenvalue weighted by molar-refractivity contribution is 7.44. The molecule has 0 saturated carbocycles. The predicted octanol–water partition coefficient (Wildman–Crippen LogP) is -1.51. The summed E-state index contributed by atoms with van der Waals surface area (Å²) in [5.41, 5.74) is 14.0. The quantitative estimate of drug-likeness (QED) is 0.180. The van der Waals surface area contributed by atoms with Gasteiger partial charge in [0.1, 0.15) is 17.8 Å². The van der Waals surface area contributed by atoms with Crippen LogP contribution in [0.25, 0.3) is 10.4 Å². The Morgan fingerprint density at radius 1 is 1.67 bits per heavy atom. The number of nitrogens with zero attached hydrogens (tertiary/aromatic N) is 4. The van der Waals surface area contributed by atoms with Crippen molar-refractivity contribution in [2.75, 3.05) is 6.61 Å². The van der Waals surface area contributed by atoms with Gasteiger partial charge >= 0.3 is 0 Å². The number of amides is 1. The molecule has 1 saturated heterocycles. The van der Waals surface area contributed by atoms with Crippen LogP contribution in [-0.4, -0.2) is 40.8 Å². The van der Waals surface area contributed by atoms with Crippen molar-refractivity contribution in [2.45, 2.75) is 24.5 Å². The summed E-state index contributed by atoms with van der Waals surface area (Å²) in [4.78, 5) is 33.1. The van der Waals surface area contributed by atoms with Crippen LogP contribution in [0, 0.1) is 0 Å². The number of phosphoric acid groups is 1. The summed E-state index contributed by atoms with van der Waals surface area (Å²) in [6.07, 6.45) is -0.814. The molecule has 0 bridgehead atoms. The van der Waals surface area contributed by atoms with E-state index < -0.39 is 44.8 Å². The minimum atomic E-state index is -5.00. The molecule has 4 N–H and O–H groups in total. The lowest BCUT2D eigenvalue weighted by atomic mass is 10.1. The topological polar surface area (TPSA) is 195 Å². The summed E-state index contributed by atoms with van der Waals surface area (Å²) in [6, 6.07) is 1.82. The van der Waals surface area contributed by atoms with Crippen molar-refractivity contribution in [3.8, 4) is 0 Å². The van der Waals surface area contributed by atoms with Gasteiger partial charge in [-0.15, -0.1) is 0 Å². The Hall–Kier alpha value is -2.04. The van der Waals surface area contributed by atoms with Crippen molar-refractivity contribution in [3.05, 3.63) is 40.5 Å². The van der Waals surface area contributed by atoms with Crippen LogP contribution < -0.4 is 15.2 Å². The molecule has 24 heavy (non-hydrogen) atoms. The van der Waals surface area contributed by atoms with Crippen molar-refractivity contribution in [1.29, 1.82) is 0 Å². The molecule has 1 aromatic heterocycles. The van der Waals surface area contributed by atoms with Crippen molar-refractivity contribution < 1.29 is 38.1 Å². The summed E-state index contributed by atoms with van der Waals surface area (Å²) in [5.74, 6) is -0.698. The lowest BCUT2D eigenvalue weighted by Gasteiger charge is -2.19. The van der Waals surface area contributed by atoms with Crippen molar-refractivity contribution in [2.24, 2.45) is 10.8 Å². The van der Waals surface area contributed by atoms with Gasteiger partial charge in [0.15, 0.2) is 18.4 Å². The fraction of sp³-hybridized carbons (Fsp3) is 0.455. The van der Waals surface area contributed by atoms with E-state index in [9.17, 15) is 19.4 Å². The zero-order chi connectivity index (χ0) is 17.9. The van der Waals surface area contributed by atoms with E-state index in [1.807, 2.05) is 0 Å². The molecule has 1 amide bonds. The monoisotopic (exact) mass is 359 g/mol. The molecule has 1 aliphatic heterocycles. The molecule has 1 fully saturated rings. The lowest BCUT2D eigenvalue weighted by molar-refractivity contribution is -0.760. The van der Waals surface area contributed by atoms with Gasteiger partial charge in [0.25, 0.3) is 20.0 Å². The number of nitrogens with two attached hydrogens (primary N) is 1. The van der Waals surface area contributed by atoms with E-state index in [1.165, 1.54) is 29.1 Å². The first-order valence-corrected chi connectivity index (χ1v) is 8.09. The number of aliphatic hydroxyl groups excluding tert-OH is 1. The molecule has 130 valence electrons. The second-order valence-electron chi connectivity index (χ2n) is 4.92.